The maximum Gasteiger partial charge on any atom is 0.0214 e. The highest BCUT2D eigenvalue weighted by Crippen LogP contribution is 1.79. The van der Waals surface area contributed by atoms with Crippen LogP contribution >= 0.6 is 0 Å². The van der Waals surface area contributed by atoms with Crippen LogP contribution < -0.4 is 5.32 Å². The van der Waals surface area contributed by atoms with E-state index in [2.05, 4.69) is 29.3 Å². The fraction of sp³-hybridized carbons (Fsp3) is 0.600. The van der Waals surface area contributed by atoms with Crippen LogP contribution in [0.1, 0.15) is 26.7 Å². The third-order valence-electron chi connectivity index (χ3n) is 1.33. The molecule has 1 N–H and O–H groups in total. The Morgan fingerprint density at radius 3 is 2.82 bits per heavy atom. The molecule has 0 heterocycles. The van der Waals surface area contributed by atoms with E-state index in [4.69, 9.17) is 0 Å². The zero-order chi connectivity index (χ0) is 8.36. The predicted molar refractivity (Wildman–Crippen MR) is 50.4 cm³/mol. The van der Waals surface area contributed by atoms with Gasteiger partial charge in [-0.2, -0.15) is 0 Å². The predicted octanol–water partition coefficient (Wildman–Crippen LogP) is 1.96. The normalized spacial score (nSPS) is 9.64. The molecule has 0 fully saturated rings. The van der Waals surface area contributed by atoms with Crippen molar-refractivity contribution in [3.8, 4) is 11.8 Å². The molecule has 0 rings (SSSR count). The summed E-state index contributed by atoms with van der Waals surface area (Å²) in [6.45, 7) is 6.00. The van der Waals surface area contributed by atoms with E-state index >= 15 is 0 Å². The molecule has 0 bridgehead atoms. The van der Waals surface area contributed by atoms with Crippen LogP contribution in [-0.2, 0) is 0 Å². The molecular formula is C10H17N. The summed E-state index contributed by atoms with van der Waals surface area (Å²) in [6.07, 6.45) is 6.33. The molecule has 0 aromatic heterocycles. The van der Waals surface area contributed by atoms with E-state index in [9.17, 15) is 0 Å². The van der Waals surface area contributed by atoms with Crippen LogP contribution in [0.3, 0.4) is 0 Å². The minimum Gasteiger partial charge on any atom is -0.315 e. The standard InChI is InChI=1S/C10H17N/c1-3-5-7-9-11-10-8-6-4-2/h3,5,11H,7-10H2,1-2H3/b5-3+. The van der Waals surface area contributed by atoms with Gasteiger partial charge in [0.15, 0.2) is 0 Å². The molecule has 0 aliphatic rings. The van der Waals surface area contributed by atoms with Gasteiger partial charge in [-0.1, -0.05) is 12.2 Å². The first-order valence-corrected chi connectivity index (χ1v) is 4.13. The maximum absolute atomic E-state index is 3.30. The first-order valence-electron chi connectivity index (χ1n) is 4.13. The van der Waals surface area contributed by atoms with Gasteiger partial charge in [-0.25, -0.2) is 0 Å². The van der Waals surface area contributed by atoms with E-state index in [0.717, 1.165) is 25.9 Å². The van der Waals surface area contributed by atoms with Crippen LogP contribution in [0.4, 0.5) is 0 Å². The van der Waals surface area contributed by atoms with Gasteiger partial charge in [-0.3, -0.25) is 0 Å². The van der Waals surface area contributed by atoms with Crippen molar-refractivity contribution in [1.82, 2.24) is 5.32 Å². The largest absolute Gasteiger partial charge is 0.315 e. The van der Waals surface area contributed by atoms with Crippen LogP contribution in [0.25, 0.3) is 0 Å². The van der Waals surface area contributed by atoms with E-state index in [0.29, 0.717) is 0 Å². The maximum atomic E-state index is 3.30. The molecule has 0 aliphatic carbocycles. The fourth-order valence-corrected chi connectivity index (χ4v) is 0.753. The van der Waals surface area contributed by atoms with Crippen molar-refractivity contribution in [1.29, 1.82) is 0 Å². The molecule has 1 nitrogen and oxygen atoms in total. The lowest BCUT2D eigenvalue weighted by Gasteiger charge is -1.96. The second kappa shape index (κ2) is 9.26. The van der Waals surface area contributed by atoms with Gasteiger partial charge in [0.1, 0.15) is 0 Å². The van der Waals surface area contributed by atoms with Gasteiger partial charge in [-0.15, -0.1) is 11.8 Å². The lowest BCUT2D eigenvalue weighted by Crippen LogP contribution is -2.15. The molecule has 0 unspecified atom stereocenters. The van der Waals surface area contributed by atoms with Crippen molar-refractivity contribution >= 4 is 0 Å². The summed E-state index contributed by atoms with van der Waals surface area (Å²) in [4.78, 5) is 0. The average molecular weight is 151 g/mol. The van der Waals surface area contributed by atoms with Gasteiger partial charge in [-0.05, 0) is 26.8 Å². The number of hydrogen-bond acceptors (Lipinski definition) is 1. The second-order valence-electron chi connectivity index (χ2n) is 2.28. The summed E-state index contributed by atoms with van der Waals surface area (Å²) >= 11 is 0. The van der Waals surface area contributed by atoms with Crippen molar-refractivity contribution in [2.24, 2.45) is 0 Å². The van der Waals surface area contributed by atoms with E-state index in [1.165, 1.54) is 0 Å². The van der Waals surface area contributed by atoms with Gasteiger partial charge >= 0.3 is 0 Å². The molecule has 0 saturated carbocycles. The van der Waals surface area contributed by atoms with E-state index in [1.54, 1.807) is 0 Å². The Morgan fingerprint density at radius 2 is 2.18 bits per heavy atom. The molecule has 0 radical (unpaired) electrons. The zero-order valence-corrected chi connectivity index (χ0v) is 7.48. The van der Waals surface area contributed by atoms with Crippen LogP contribution in [0.5, 0.6) is 0 Å². The second-order valence-corrected chi connectivity index (χ2v) is 2.28. The Morgan fingerprint density at radius 1 is 1.36 bits per heavy atom. The minimum atomic E-state index is 0.965. The van der Waals surface area contributed by atoms with Crippen molar-refractivity contribution < 1.29 is 0 Å². The monoisotopic (exact) mass is 151 g/mol. The molecule has 0 amide bonds. The van der Waals surface area contributed by atoms with Crippen LogP contribution in [0.15, 0.2) is 12.2 Å². The lowest BCUT2D eigenvalue weighted by atomic mass is 10.3. The third-order valence-corrected chi connectivity index (χ3v) is 1.33. The molecule has 0 spiro atoms. The molecule has 0 aromatic rings. The molecule has 0 atom stereocenters. The van der Waals surface area contributed by atoms with Gasteiger partial charge in [0, 0.05) is 13.0 Å². The molecule has 62 valence electrons. The highest BCUT2D eigenvalue weighted by Gasteiger charge is 1.81. The molecule has 11 heavy (non-hydrogen) atoms. The molecule has 0 aliphatic heterocycles. The van der Waals surface area contributed by atoms with E-state index < -0.39 is 0 Å². The number of allylic oxidation sites excluding steroid dienone is 1. The quantitative estimate of drug-likeness (QED) is 0.360. The Bertz CT molecular complexity index is 148. The Hall–Kier alpha value is -0.740. The van der Waals surface area contributed by atoms with E-state index in [1.807, 2.05) is 13.8 Å². The molecule has 1 heteroatoms. The highest BCUT2D eigenvalue weighted by atomic mass is 14.8. The number of hydrogen-bond donors (Lipinski definition) is 1. The number of nitrogens with one attached hydrogen (secondary N) is 1. The average Bonchev–Trinajstić information content (AvgIpc) is 2.03. The summed E-state index contributed by atoms with van der Waals surface area (Å²) in [5, 5.41) is 3.30. The molecule has 0 aromatic carbocycles. The Balaban J connectivity index is 2.94. The van der Waals surface area contributed by atoms with E-state index in [-0.39, 0.29) is 0 Å². The van der Waals surface area contributed by atoms with Crippen LogP contribution in [0, 0.1) is 11.8 Å². The number of rotatable bonds is 5. The van der Waals surface area contributed by atoms with Gasteiger partial charge in [0.05, 0.1) is 0 Å². The topological polar surface area (TPSA) is 12.0 Å². The third kappa shape index (κ3) is 9.26. The Labute approximate surface area is 69.9 Å². The summed E-state index contributed by atoms with van der Waals surface area (Å²) < 4.78 is 0. The first-order chi connectivity index (χ1) is 5.41. The summed E-state index contributed by atoms with van der Waals surface area (Å²) in [7, 11) is 0. The van der Waals surface area contributed by atoms with Crippen LogP contribution in [-0.4, -0.2) is 13.1 Å². The van der Waals surface area contributed by atoms with Crippen molar-refractivity contribution in [3.05, 3.63) is 12.2 Å². The lowest BCUT2D eigenvalue weighted by molar-refractivity contribution is 0.702. The molecule has 0 saturated heterocycles. The SMILES string of the molecule is CC#CCCNCC/C=C/C. The van der Waals surface area contributed by atoms with Gasteiger partial charge < -0.3 is 5.32 Å². The minimum absolute atomic E-state index is 0.965. The van der Waals surface area contributed by atoms with Crippen LogP contribution in [0.2, 0.25) is 0 Å². The first kappa shape index (κ1) is 10.3. The summed E-state index contributed by atoms with van der Waals surface area (Å²) in [6, 6.07) is 0. The fourth-order valence-electron chi connectivity index (χ4n) is 0.753. The highest BCUT2D eigenvalue weighted by molar-refractivity contribution is 4.95. The summed E-state index contributed by atoms with van der Waals surface area (Å²) in [5.41, 5.74) is 0. The van der Waals surface area contributed by atoms with Gasteiger partial charge in [0.25, 0.3) is 0 Å². The van der Waals surface area contributed by atoms with Crippen molar-refractivity contribution in [2.75, 3.05) is 13.1 Å². The Kier molecular flexibility index (Phi) is 8.64. The van der Waals surface area contributed by atoms with Crippen molar-refractivity contribution in [3.63, 3.8) is 0 Å². The zero-order valence-electron chi connectivity index (χ0n) is 7.48. The molecular weight excluding hydrogens is 134 g/mol. The summed E-state index contributed by atoms with van der Waals surface area (Å²) in [5.74, 6) is 5.87. The van der Waals surface area contributed by atoms with Gasteiger partial charge in [0.2, 0.25) is 0 Å². The van der Waals surface area contributed by atoms with Crippen molar-refractivity contribution in [2.45, 2.75) is 26.7 Å². The smallest absolute Gasteiger partial charge is 0.0214 e.